The molecule has 1 atom stereocenters. The van der Waals surface area contributed by atoms with E-state index in [9.17, 15) is 14.0 Å². The molecule has 1 heterocycles. The largest absolute Gasteiger partial charge is 0.329 e. The summed E-state index contributed by atoms with van der Waals surface area (Å²) in [5.41, 5.74) is 0.308. The predicted molar refractivity (Wildman–Crippen MR) is 113 cm³/mol. The van der Waals surface area contributed by atoms with Crippen molar-refractivity contribution < 1.29 is 9.18 Å². The van der Waals surface area contributed by atoms with Crippen LogP contribution >= 0.6 is 11.6 Å². The second kappa shape index (κ2) is 8.74. The van der Waals surface area contributed by atoms with Gasteiger partial charge in [0.25, 0.3) is 11.5 Å². The van der Waals surface area contributed by atoms with Crippen LogP contribution in [0.2, 0.25) is 5.02 Å². The SMILES string of the molecule is CCCN(C(=O)c1ccccc1F)C(C)c1nc2ccc(Cl)cc2c(=O)n1CC. The van der Waals surface area contributed by atoms with Crippen LogP contribution in [0.3, 0.4) is 0 Å². The number of rotatable bonds is 6. The first-order valence-electron chi connectivity index (χ1n) is 9.64. The predicted octanol–water partition coefficient (Wildman–Crippen LogP) is 4.82. The monoisotopic (exact) mass is 415 g/mol. The summed E-state index contributed by atoms with van der Waals surface area (Å²) in [6, 6.07) is 10.4. The van der Waals surface area contributed by atoms with Gasteiger partial charge >= 0.3 is 0 Å². The molecule has 1 amide bonds. The molecule has 0 aliphatic carbocycles. The summed E-state index contributed by atoms with van der Waals surface area (Å²) < 4.78 is 15.8. The molecular weight excluding hydrogens is 393 g/mol. The topological polar surface area (TPSA) is 55.2 Å². The highest BCUT2D eigenvalue weighted by Crippen LogP contribution is 2.24. The van der Waals surface area contributed by atoms with E-state index in [1.807, 2.05) is 20.8 Å². The first kappa shape index (κ1) is 21.0. The van der Waals surface area contributed by atoms with Gasteiger partial charge in [0.05, 0.1) is 22.5 Å². The van der Waals surface area contributed by atoms with Gasteiger partial charge in [0.1, 0.15) is 11.6 Å². The van der Waals surface area contributed by atoms with E-state index in [1.165, 1.54) is 12.1 Å². The van der Waals surface area contributed by atoms with Gasteiger partial charge in [-0.3, -0.25) is 14.2 Å². The number of benzene rings is 2. The molecule has 0 spiro atoms. The van der Waals surface area contributed by atoms with Crippen molar-refractivity contribution in [3.05, 3.63) is 75.0 Å². The van der Waals surface area contributed by atoms with Crippen LogP contribution in [-0.2, 0) is 6.54 Å². The number of nitrogens with zero attached hydrogens (tertiary/aromatic N) is 3. The number of hydrogen-bond acceptors (Lipinski definition) is 3. The number of carbonyl (C=O) groups excluding carboxylic acids is 1. The molecule has 29 heavy (non-hydrogen) atoms. The fourth-order valence-electron chi connectivity index (χ4n) is 3.48. The molecule has 0 bridgehead atoms. The van der Waals surface area contributed by atoms with Crippen LogP contribution in [0.25, 0.3) is 10.9 Å². The van der Waals surface area contributed by atoms with Crippen LogP contribution in [0.1, 0.15) is 49.4 Å². The molecule has 0 saturated carbocycles. The summed E-state index contributed by atoms with van der Waals surface area (Å²) >= 11 is 6.04. The maximum absolute atomic E-state index is 14.2. The van der Waals surface area contributed by atoms with Crippen molar-refractivity contribution in [1.82, 2.24) is 14.5 Å². The van der Waals surface area contributed by atoms with Crippen LogP contribution in [0, 0.1) is 5.82 Å². The number of amides is 1. The van der Waals surface area contributed by atoms with E-state index in [4.69, 9.17) is 11.6 Å². The molecule has 152 valence electrons. The Kier molecular flexibility index (Phi) is 6.33. The summed E-state index contributed by atoms with van der Waals surface area (Å²) in [5.74, 6) is -0.532. The Morgan fingerprint density at radius 2 is 1.97 bits per heavy atom. The summed E-state index contributed by atoms with van der Waals surface area (Å²) in [5, 5.41) is 0.889. The van der Waals surface area contributed by atoms with E-state index in [2.05, 4.69) is 4.98 Å². The second-order valence-electron chi connectivity index (χ2n) is 6.84. The van der Waals surface area contributed by atoms with Gasteiger partial charge in [-0.1, -0.05) is 30.7 Å². The molecule has 1 unspecified atom stereocenters. The normalized spacial score (nSPS) is 12.2. The Balaban J connectivity index is 2.13. The molecule has 3 rings (SSSR count). The molecule has 0 aliphatic rings. The van der Waals surface area contributed by atoms with Crippen LogP contribution in [0.15, 0.2) is 47.3 Å². The van der Waals surface area contributed by atoms with Gasteiger partial charge in [-0.15, -0.1) is 0 Å². The van der Waals surface area contributed by atoms with Crippen molar-refractivity contribution in [3.8, 4) is 0 Å². The molecule has 5 nitrogen and oxygen atoms in total. The fourth-order valence-corrected chi connectivity index (χ4v) is 3.65. The molecule has 0 N–H and O–H groups in total. The minimum Gasteiger partial charge on any atom is -0.329 e. The zero-order chi connectivity index (χ0) is 21.1. The highest BCUT2D eigenvalue weighted by Gasteiger charge is 2.27. The standard InChI is InChI=1S/C22H23ClFN3O2/c1-4-12-27(21(28)16-8-6-7-9-18(16)24)14(3)20-25-19-11-10-15(23)13-17(19)22(29)26(20)5-2/h6-11,13-14H,4-5,12H2,1-3H3. The summed E-state index contributed by atoms with van der Waals surface area (Å²) in [7, 11) is 0. The Bertz CT molecular complexity index is 1110. The number of fused-ring (bicyclic) bond motifs is 1. The van der Waals surface area contributed by atoms with E-state index in [1.54, 1.807) is 39.8 Å². The lowest BCUT2D eigenvalue weighted by molar-refractivity contribution is 0.0674. The molecule has 2 aromatic carbocycles. The number of carbonyl (C=O) groups is 1. The first-order valence-corrected chi connectivity index (χ1v) is 10.0. The molecule has 7 heteroatoms. The van der Waals surface area contributed by atoms with Gasteiger partial charge in [-0.25, -0.2) is 9.37 Å². The van der Waals surface area contributed by atoms with Crippen LogP contribution < -0.4 is 5.56 Å². The lowest BCUT2D eigenvalue weighted by Gasteiger charge is -2.30. The van der Waals surface area contributed by atoms with Gasteiger partial charge in [0.15, 0.2) is 0 Å². The third-order valence-corrected chi connectivity index (χ3v) is 5.17. The first-order chi connectivity index (χ1) is 13.9. The summed E-state index contributed by atoms with van der Waals surface area (Å²) in [4.78, 5) is 32.4. The Hall–Kier alpha value is -2.73. The average Bonchev–Trinajstić information content (AvgIpc) is 2.71. The number of halogens is 2. The smallest absolute Gasteiger partial charge is 0.261 e. The van der Waals surface area contributed by atoms with Crippen LogP contribution in [-0.4, -0.2) is 26.9 Å². The number of aromatic nitrogens is 2. The molecule has 0 fully saturated rings. The van der Waals surface area contributed by atoms with E-state index in [0.717, 1.165) is 0 Å². The Morgan fingerprint density at radius 3 is 2.62 bits per heavy atom. The highest BCUT2D eigenvalue weighted by molar-refractivity contribution is 6.31. The second-order valence-corrected chi connectivity index (χ2v) is 7.27. The van der Waals surface area contributed by atoms with Gasteiger partial charge in [-0.2, -0.15) is 0 Å². The van der Waals surface area contributed by atoms with Crippen molar-refractivity contribution in [1.29, 1.82) is 0 Å². The van der Waals surface area contributed by atoms with E-state index in [-0.39, 0.29) is 11.1 Å². The number of hydrogen-bond donors (Lipinski definition) is 0. The van der Waals surface area contributed by atoms with Crippen molar-refractivity contribution in [2.45, 2.75) is 39.8 Å². The minimum atomic E-state index is -0.570. The minimum absolute atomic E-state index is 0.00534. The lowest BCUT2D eigenvalue weighted by atomic mass is 10.1. The van der Waals surface area contributed by atoms with Crippen molar-refractivity contribution in [3.63, 3.8) is 0 Å². The van der Waals surface area contributed by atoms with E-state index in [0.29, 0.717) is 41.3 Å². The molecule has 1 aromatic heterocycles. The van der Waals surface area contributed by atoms with Crippen LogP contribution in [0.5, 0.6) is 0 Å². The molecule has 3 aromatic rings. The van der Waals surface area contributed by atoms with E-state index < -0.39 is 17.8 Å². The summed E-state index contributed by atoms with van der Waals surface area (Å²) in [6.45, 7) is 6.40. The lowest BCUT2D eigenvalue weighted by Crippen LogP contribution is -2.38. The van der Waals surface area contributed by atoms with Gasteiger partial charge in [0.2, 0.25) is 0 Å². The molecule has 0 aliphatic heterocycles. The van der Waals surface area contributed by atoms with Gasteiger partial charge < -0.3 is 4.90 Å². The van der Waals surface area contributed by atoms with Crippen LogP contribution in [0.4, 0.5) is 4.39 Å². The van der Waals surface area contributed by atoms with E-state index >= 15 is 0 Å². The quantitative estimate of drug-likeness (QED) is 0.579. The third-order valence-electron chi connectivity index (χ3n) is 4.93. The average molecular weight is 416 g/mol. The van der Waals surface area contributed by atoms with Crippen molar-refractivity contribution in [2.24, 2.45) is 0 Å². The molecule has 0 radical (unpaired) electrons. The fraction of sp³-hybridized carbons (Fsp3) is 0.318. The van der Waals surface area contributed by atoms with Crippen molar-refractivity contribution >= 4 is 28.4 Å². The molecular formula is C22H23ClFN3O2. The van der Waals surface area contributed by atoms with Crippen molar-refractivity contribution in [2.75, 3.05) is 6.54 Å². The Labute approximate surface area is 173 Å². The van der Waals surface area contributed by atoms with Gasteiger partial charge in [0, 0.05) is 18.1 Å². The maximum Gasteiger partial charge on any atom is 0.261 e. The highest BCUT2D eigenvalue weighted by atomic mass is 35.5. The third kappa shape index (κ3) is 4.03. The zero-order valence-corrected chi connectivity index (χ0v) is 17.4. The maximum atomic E-state index is 14.2. The van der Waals surface area contributed by atoms with Gasteiger partial charge in [-0.05, 0) is 50.6 Å². The molecule has 0 saturated heterocycles. The Morgan fingerprint density at radius 1 is 1.24 bits per heavy atom. The summed E-state index contributed by atoms with van der Waals surface area (Å²) in [6.07, 6.45) is 0.685. The zero-order valence-electron chi connectivity index (χ0n) is 16.7.